The predicted molar refractivity (Wildman–Crippen MR) is 67.1 cm³/mol. The number of hydrogen-bond donors (Lipinski definition) is 0. The summed E-state index contributed by atoms with van der Waals surface area (Å²) in [6.07, 6.45) is -0.812. The van der Waals surface area contributed by atoms with Gasteiger partial charge in [-0.1, -0.05) is 6.07 Å². The third-order valence-corrected chi connectivity index (χ3v) is 2.70. The molecule has 0 spiro atoms. The molecule has 5 heteroatoms. The normalized spacial score (nSPS) is 12.6. The average molecular weight is 256 g/mol. The first-order chi connectivity index (χ1) is 8.71. The Morgan fingerprint density at radius 3 is 1.83 bits per heavy atom. The van der Waals surface area contributed by atoms with Gasteiger partial charge in [0.2, 0.25) is 0 Å². The Bertz CT molecular complexity index is 362. The van der Waals surface area contributed by atoms with Gasteiger partial charge in [0.05, 0.1) is 14.2 Å². The number of benzene rings is 1. The Labute approximate surface area is 108 Å². The van der Waals surface area contributed by atoms with Crippen molar-refractivity contribution in [2.75, 3.05) is 35.5 Å². The number of rotatable bonds is 7. The summed E-state index contributed by atoms with van der Waals surface area (Å²) in [5, 5.41) is 0. The van der Waals surface area contributed by atoms with Gasteiger partial charge in [-0.3, -0.25) is 0 Å². The third-order valence-electron chi connectivity index (χ3n) is 2.70. The fraction of sp³-hybridized carbons (Fsp3) is 0.538. The van der Waals surface area contributed by atoms with Crippen LogP contribution in [0.5, 0.6) is 11.5 Å². The van der Waals surface area contributed by atoms with E-state index in [0.717, 1.165) is 5.56 Å². The first kappa shape index (κ1) is 14.8. The van der Waals surface area contributed by atoms with Crippen molar-refractivity contribution in [1.82, 2.24) is 0 Å². The number of methoxy groups -OCH3 is 5. The van der Waals surface area contributed by atoms with Gasteiger partial charge in [-0.25, -0.2) is 0 Å². The minimum atomic E-state index is -0.479. The lowest BCUT2D eigenvalue weighted by Crippen LogP contribution is -2.24. The van der Waals surface area contributed by atoms with Crippen molar-refractivity contribution in [2.24, 2.45) is 0 Å². The van der Waals surface area contributed by atoms with E-state index in [1.54, 1.807) is 35.5 Å². The number of ether oxygens (including phenoxy) is 5. The van der Waals surface area contributed by atoms with E-state index in [4.69, 9.17) is 23.7 Å². The molecule has 0 radical (unpaired) electrons. The smallest absolute Gasteiger partial charge is 0.187 e. The molecule has 0 saturated carbocycles. The predicted octanol–water partition coefficient (Wildman–Crippen LogP) is 2.01. The highest BCUT2D eigenvalue weighted by atomic mass is 16.7. The average Bonchev–Trinajstić information content (AvgIpc) is 2.43. The van der Waals surface area contributed by atoms with Crippen LogP contribution in [-0.4, -0.2) is 41.8 Å². The highest BCUT2D eigenvalue weighted by Crippen LogP contribution is 2.32. The molecule has 0 saturated heterocycles. The van der Waals surface area contributed by atoms with Crippen LogP contribution in [0.1, 0.15) is 11.7 Å². The van der Waals surface area contributed by atoms with E-state index >= 15 is 0 Å². The van der Waals surface area contributed by atoms with Gasteiger partial charge >= 0.3 is 0 Å². The van der Waals surface area contributed by atoms with Crippen molar-refractivity contribution in [3.05, 3.63) is 23.8 Å². The van der Waals surface area contributed by atoms with E-state index < -0.39 is 6.29 Å². The molecule has 102 valence electrons. The summed E-state index contributed by atoms with van der Waals surface area (Å²) in [7, 11) is 7.93. The molecular weight excluding hydrogens is 236 g/mol. The van der Waals surface area contributed by atoms with E-state index in [2.05, 4.69) is 0 Å². The first-order valence-electron chi connectivity index (χ1n) is 5.52. The molecule has 1 rings (SSSR count). The second kappa shape index (κ2) is 7.20. The molecule has 1 aromatic carbocycles. The van der Waals surface area contributed by atoms with Gasteiger partial charge < -0.3 is 23.7 Å². The quantitative estimate of drug-likeness (QED) is 0.698. The van der Waals surface area contributed by atoms with Crippen LogP contribution in [0.3, 0.4) is 0 Å². The summed E-state index contributed by atoms with van der Waals surface area (Å²) in [6, 6.07) is 5.56. The fourth-order valence-corrected chi connectivity index (χ4v) is 1.78. The summed E-state index contributed by atoms with van der Waals surface area (Å²) >= 11 is 0. The van der Waals surface area contributed by atoms with Gasteiger partial charge in [0.15, 0.2) is 17.8 Å². The van der Waals surface area contributed by atoms with E-state index in [0.29, 0.717) is 11.5 Å². The monoisotopic (exact) mass is 256 g/mol. The molecule has 1 atom stereocenters. The second-order valence-corrected chi connectivity index (χ2v) is 3.61. The standard InChI is InChI=1S/C13H20O5/c1-14-10-7-6-9(8-11(10)15-2)12(16-3)13(17-4)18-5/h6-8,12-13H,1-5H3/t12-/m0/s1. The van der Waals surface area contributed by atoms with Crippen molar-refractivity contribution >= 4 is 0 Å². The SMILES string of the molecule is COc1ccc([C@H](OC)C(OC)OC)cc1OC. The second-order valence-electron chi connectivity index (χ2n) is 3.61. The van der Waals surface area contributed by atoms with Crippen LogP contribution in [0.4, 0.5) is 0 Å². The molecule has 0 amide bonds. The molecule has 5 nitrogen and oxygen atoms in total. The molecule has 1 aromatic rings. The zero-order chi connectivity index (χ0) is 13.5. The molecule has 0 unspecified atom stereocenters. The minimum absolute atomic E-state index is 0.334. The van der Waals surface area contributed by atoms with Crippen molar-refractivity contribution in [3.63, 3.8) is 0 Å². The molecule has 0 heterocycles. The molecule has 0 fully saturated rings. The first-order valence-corrected chi connectivity index (χ1v) is 5.52. The van der Waals surface area contributed by atoms with Gasteiger partial charge in [-0.05, 0) is 17.7 Å². The zero-order valence-electron chi connectivity index (χ0n) is 11.4. The Morgan fingerprint density at radius 1 is 0.778 bits per heavy atom. The molecule has 0 aliphatic carbocycles. The van der Waals surface area contributed by atoms with Gasteiger partial charge in [0.1, 0.15) is 6.10 Å². The molecular formula is C13H20O5. The Morgan fingerprint density at radius 2 is 1.39 bits per heavy atom. The molecule has 0 aromatic heterocycles. The maximum absolute atomic E-state index is 5.41. The fourth-order valence-electron chi connectivity index (χ4n) is 1.78. The Hall–Kier alpha value is -1.30. The number of hydrogen-bond acceptors (Lipinski definition) is 5. The van der Waals surface area contributed by atoms with Crippen molar-refractivity contribution in [2.45, 2.75) is 12.4 Å². The zero-order valence-corrected chi connectivity index (χ0v) is 11.4. The van der Waals surface area contributed by atoms with Crippen LogP contribution in [0.2, 0.25) is 0 Å². The Balaban J connectivity index is 3.06. The lowest BCUT2D eigenvalue weighted by molar-refractivity contribution is -0.175. The van der Waals surface area contributed by atoms with E-state index in [-0.39, 0.29) is 6.10 Å². The lowest BCUT2D eigenvalue weighted by Gasteiger charge is -2.24. The summed E-state index contributed by atoms with van der Waals surface area (Å²) in [4.78, 5) is 0. The van der Waals surface area contributed by atoms with Gasteiger partial charge in [0, 0.05) is 21.3 Å². The molecule has 0 N–H and O–H groups in total. The summed E-state index contributed by atoms with van der Waals surface area (Å²) < 4.78 is 26.3. The molecule has 18 heavy (non-hydrogen) atoms. The molecule has 0 aliphatic heterocycles. The Kier molecular flexibility index (Phi) is 5.91. The highest BCUT2D eigenvalue weighted by molar-refractivity contribution is 5.43. The van der Waals surface area contributed by atoms with Crippen LogP contribution in [0.15, 0.2) is 18.2 Å². The lowest BCUT2D eigenvalue weighted by atomic mass is 10.1. The van der Waals surface area contributed by atoms with Crippen LogP contribution in [0, 0.1) is 0 Å². The largest absolute Gasteiger partial charge is 0.493 e. The van der Waals surface area contributed by atoms with Crippen molar-refractivity contribution < 1.29 is 23.7 Å². The van der Waals surface area contributed by atoms with E-state index in [1.165, 1.54) is 0 Å². The molecule has 0 aliphatic rings. The van der Waals surface area contributed by atoms with Crippen LogP contribution < -0.4 is 9.47 Å². The maximum atomic E-state index is 5.41. The highest BCUT2D eigenvalue weighted by Gasteiger charge is 2.23. The summed E-state index contributed by atoms with van der Waals surface area (Å²) in [5.41, 5.74) is 0.892. The van der Waals surface area contributed by atoms with Crippen LogP contribution in [-0.2, 0) is 14.2 Å². The van der Waals surface area contributed by atoms with E-state index in [9.17, 15) is 0 Å². The maximum Gasteiger partial charge on any atom is 0.187 e. The van der Waals surface area contributed by atoms with Crippen LogP contribution in [0.25, 0.3) is 0 Å². The van der Waals surface area contributed by atoms with Gasteiger partial charge in [-0.2, -0.15) is 0 Å². The van der Waals surface area contributed by atoms with E-state index in [1.807, 2.05) is 18.2 Å². The van der Waals surface area contributed by atoms with Gasteiger partial charge in [-0.15, -0.1) is 0 Å². The topological polar surface area (TPSA) is 46.2 Å². The van der Waals surface area contributed by atoms with Crippen molar-refractivity contribution in [3.8, 4) is 11.5 Å². The van der Waals surface area contributed by atoms with Gasteiger partial charge in [0.25, 0.3) is 0 Å². The van der Waals surface area contributed by atoms with Crippen molar-refractivity contribution in [1.29, 1.82) is 0 Å². The summed E-state index contributed by atoms with van der Waals surface area (Å²) in [5.74, 6) is 1.31. The van der Waals surface area contributed by atoms with Crippen LogP contribution >= 0.6 is 0 Å². The molecule has 0 bridgehead atoms. The minimum Gasteiger partial charge on any atom is -0.493 e. The third kappa shape index (κ3) is 3.13. The summed E-state index contributed by atoms with van der Waals surface area (Å²) in [6.45, 7) is 0.